The molecule has 0 aromatic heterocycles. The van der Waals surface area contributed by atoms with Gasteiger partial charge in [-0.25, -0.2) is 0 Å². The van der Waals surface area contributed by atoms with Gasteiger partial charge in [-0.3, -0.25) is 4.79 Å². The highest BCUT2D eigenvalue weighted by Gasteiger charge is 2.18. The van der Waals surface area contributed by atoms with E-state index in [1.54, 1.807) is 14.2 Å². The summed E-state index contributed by atoms with van der Waals surface area (Å²) in [5, 5.41) is 0.669. The first-order valence-electron chi connectivity index (χ1n) is 8.78. The Labute approximate surface area is 149 Å². The molecule has 0 atom stereocenters. The largest absolute Gasteiger partial charge is 0.493 e. The van der Waals surface area contributed by atoms with E-state index in [0.29, 0.717) is 29.0 Å². The van der Waals surface area contributed by atoms with Gasteiger partial charge in [0.2, 0.25) is 5.91 Å². The van der Waals surface area contributed by atoms with Gasteiger partial charge in [-0.1, -0.05) is 25.3 Å². The van der Waals surface area contributed by atoms with Crippen molar-refractivity contribution in [3.8, 4) is 11.5 Å². The van der Waals surface area contributed by atoms with Gasteiger partial charge < -0.3 is 14.4 Å². The molecular weight excluding hydrogens is 322 g/mol. The molecule has 5 heteroatoms. The summed E-state index contributed by atoms with van der Waals surface area (Å²) < 4.78 is 10.6. The molecule has 0 N–H and O–H groups in total. The van der Waals surface area contributed by atoms with Crippen molar-refractivity contribution >= 4 is 17.7 Å². The number of amides is 1. The third-order valence-electron chi connectivity index (χ3n) is 4.55. The molecule has 1 aromatic carbocycles. The number of benzene rings is 1. The molecule has 24 heavy (non-hydrogen) atoms. The van der Waals surface area contributed by atoms with Crippen molar-refractivity contribution in [3.05, 3.63) is 23.8 Å². The van der Waals surface area contributed by atoms with Gasteiger partial charge in [-0.2, -0.15) is 0 Å². The Morgan fingerprint density at radius 3 is 2.50 bits per heavy atom. The van der Waals surface area contributed by atoms with Crippen molar-refractivity contribution < 1.29 is 14.3 Å². The van der Waals surface area contributed by atoms with Crippen LogP contribution >= 0.6 is 11.8 Å². The highest BCUT2D eigenvalue weighted by Crippen LogP contribution is 2.29. The molecule has 0 radical (unpaired) electrons. The van der Waals surface area contributed by atoms with Gasteiger partial charge in [0.05, 0.1) is 20.0 Å². The molecule has 4 nitrogen and oxygen atoms in total. The zero-order chi connectivity index (χ0) is 17.4. The molecule has 1 aliphatic carbocycles. The van der Waals surface area contributed by atoms with Crippen LogP contribution in [0.5, 0.6) is 11.5 Å². The Bertz CT molecular complexity index is 529. The Balaban J connectivity index is 1.91. The summed E-state index contributed by atoms with van der Waals surface area (Å²) in [5.41, 5.74) is 1.06. The number of hydrogen-bond acceptors (Lipinski definition) is 4. The Hall–Kier alpha value is -1.36. The second-order valence-corrected chi connectivity index (χ2v) is 7.46. The van der Waals surface area contributed by atoms with Crippen LogP contribution in [0.2, 0.25) is 0 Å². The van der Waals surface area contributed by atoms with Crippen molar-refractivity contribution in [2.75, 3.05) is 26.5 Å². The highest BCUT2D eigenvalue weighted by atomic mass is 32.2. The van der Waals surface area contributed by atoms with Gasteiger partial charge in [-0.05, 0) is 37.5 Å². The van der Waals surface area contributed by atoms with E-state index in [9.17, 15) is 4.79 Å². The Morgan fingerprint density at radius 2 is 1.88 bits per heavy atom. The second kappa shape index (κ2) is 9.82. The lowest BCUT2D eigenvalue weighted by molar-refractivity contribution is -0.128. The lowest BCUT2D eigenvalue weighted by atomic mass is 10.0. The summed E-state index contributed by atoms with van der Waals surface area (Å²) in [6, 6.07) is 5.83. The van der Waals surface area contributed by atoms with E-state index in [0.717, 1.165) is 12.1 Å². The third-order valence-corrected chi connectivity index (χ3v) is 5.91. The predicted octanol–water partition coefficient (Wildman–Crippen LogP) is 4.12. The van der Waals surface area contributed by atoms with Crippen LogP contribution in [0, 0.1) is 0 Å². The molecule has 0 bridgehead atoms. The first-order valence-corrected chi connectivity index (χ1v) is 9.83. The van der Waals surface area contributed by atoms with E-state index in [1.807, 2.05) is 41.8 Å². The van der Waals surface area contributed by atoms with Crippen LogP contribution in [-0.2, 0) is 11.3 Å². The topological polar surface area (TPSA) is 38.8 Å². The number of carbonyl (C=O) groups excluding carboxylic acids is 1. The first kappa shape index (κ1) is 19.0. The average Bonchev–Trinajstić information content (AvgIpc) is 2.64. The number of hydrogen-bond donors (Lipinski definition) is 0. The number of methoxy groups -OCH3 is 2. The van der Waals surface area contributed by atoms with Crippen molar-refractivity contribution in [1.29, 1.82) is 0 Å². The van der Waals surface area contributed by atoms with E-state index in [2.05, 4.69) is 0 Å². The molecule has 0 saturated heterocycles. The van der Waals surface area contributed by atoms with Crippen molar-refractivity contribution in [3.63, 3.8) is 0 Å². The molecule has 0 spiro atoms. The van der Waals surface area contributed by atoms with Gasteiger partial charge >= 0.3 is 0 Å². The molecule has 1 saturated carbocycles. The van der Waals surface area contributed by atoms with Crippen LogP contribution in [0.25, 0.3) is 0 Å². The quantitative estimate of drug-likeness (QED) is 0.706. The summed E-state index contributed by atoms with van der Waals surface area (Å²) in [5.74, 6) is 2.23. The van der Waals surface area contributed by atoms with Gasteiger partial charge in [-0.15, -0.1) is 11.8 Å². The fraction of sp³-hybridized carbons (Fsp3) is 0.632. The van der Waals surface area contributed by atoms with Gasteiger partial charge in [0.25, 0.3) is 0 Å². The third kappa shape index (κ3) is 5.33. The lowest BCUT2D eigenvalue weighted by Gasteiger charge is -2.24. The summed E-state index contributed by atoms with van der Waals surface area (Å²) in [6.45, 7) is 3.36. The first-order chi connectivity index (χ1) is 11.7. The van der Waals surface area contributed by atoms with Crippen molar-refractivity contribution in [2.45, 2.75) is 50.8 Å². The summed E-state index contributed by atoms with van der Waals surface area (Å²) in [7, 11) is 3.26. The van der Waals surface area contributed by atoms with Crippen LogP contribution in [0.1, 0.15) is 44.6 Å². The standard InChI is InChI=1S/C19H29NO3S/c1-4-20(19(21)14-24-16-8-6-5-7-9-16)13-15-10-11-17(22-2)18(12-15)23-3/h10-12,16H,4-9,13-14H2,1-3H3. The number of thioether (sulfide) groups is 1. The molecule has 0 aliphatic heterocycles. The number of nitrogens with zero attached hydrogens (tertiary/aromatic N) is 1. The minimum absolute atomic E-state index is 0.225. The number of ether oxygens (including phenoxy) is 2. The molecule has 1 amide bonds. The summed E-state index contributed by atoms with van der Waals surface area (Å²) >= 11 is 1.84. The normalized spacial score (nSPS) is 15.1. The van der Waals surface area contributed by atoms with Crippen LogP contribution in [0.4, 0.5) is 0 Å². The van der Waals surface area contributed by atoms with Crippen LogP contribution < -0.4 is 9.47 Å². The Morgan fingerprint density at radius 1 is 1.17 bits per heavy atom. The second-order valence-electron chi connectivity index (χ2n) is 6.17. The number of carbonyl (C=O) groups is 1. The monoisotopic (exact) mass is 351 g/mol. The highest BCUT2D eigenvalue weighted by molar-refractivity contribution is 8.00. The SMILES string of the molecule is CCN(Cc1ccc(OC)c(OC)c1)C(=O)CSC1CCCCC1. The van der Waals surface area contributed by atoms with Gasteiger partial charge in [0.1, 0.15) is 0 Å². The zero-order valence-corrected chi connectivity index (χ0v) is 15.9. The molecule has 0 heterocycles. The van der Waals surface area contributed by atoms with Gasteiger partial charge in [0.15, 0.2) is 11.5 Å². The van der Waals surface area contributed by atoms with E-state index in [4.69, 9.17) is 9.47 Å². The maximum absolute atomic E-state index is 12.5. The lowest BCUT2D eigenvalue weighted by Crippen LogP contribution is -2.32. The molecule has 0 unspecified atom stereocenters. The van der Waals surface area contributed by atoms with Crippen molar-refractivity contribution in [1.82, 2.24) is 4.90 Å². The van der Waals surface area contributed by atoms with Crippen molar-refractivity contribution in [2.24, 2.45) is 0 Å². The van der Waals surface area contributed by atoms with Crippen LogP contribution in [0.15, 0.2) is 18.2 Å². The summed E-state index contributed by atoms with van der Waals surface area (Å²) in [6.07, 6.45) is 6.51. The van der Waals surface area contributed by atoms with E-state index in [-0.39, 0.29) is 5.91 Å². The fourth-order valence-electron chi connectivity index (χ4n) is 3.09. The fourth-order valence-corrected chi connectivity index (χ4v) is 4.32. The molecule has 1 aromatic rings. The Kier molecular flexibility index (Phi) is 7.76. The minimum Gasteiger partial charge on any atom is -0.493 e. The number of rotatable bonds is 8. The molecule has 1 fully saturated rings. The molecule has 2 rings (SSSR count). The minimum atomic E-state index is 0.225. The van der Waals surface area contributed by atoms with E-state index in [1.165, 1.54) is 32.1 Å². The molecule has 1 aliphatic rings. The van der Waals surface area contributed by atoms with Crippen LogP contribution in [0.3, 0.4) is 0 Å². The molecule has 134 valence electrons. The predicted molar refractivity (Wildman–Crippen MR) is 100.0 cm³/mol. The maximum Gasteiger partial charge on any atom is 0.232 e. The summed E-state index contributed by atoms with van der Waals surface area (Å²) in [4.78, 5) is 14.5. The van der Waals surface area contributed by atoms with Gasteiger partial charge in [0, 0.05) is 18.3 Å². The molecular formula is C19H29NO3S. The zero-order valence-electron chi connectivity index (χ0n) is 15.0. The van der Waals surface area contributed by atoms with E-state index >= 15 is 0 Å². The average molecular weight is 352 g/mol. The van der Waals surface area contributed by atoms with Crippen LogP contribution in [-0.4, -0.2) is 42.6 Å². The smallest absolute Gasteiger partial charge is 0.232 e. The van der Waals surface area contributed by atoms with E-state index < -0.39 is 0 Å². The maximum atomic E-state index is 12.5.